The lowest BCUT2D eigenvalue weighted by Gasteiger charge is -2.17. The minimum atomic E-state index is -0.493. The first-order valence-corrected chi connectivity index (χ1v) is 8.68. The maximum Gasteiger partial charge on any atom is 0.264 e. The topological polar surface area (TPSA) is 106 Å². The van der Waals surface area contributed by atoms with E-state index in [9.17, 15) is 9.59 Å². The first-order valence-electron chi connectivity index (χ1n) is 7.80. The molecule has 0 aliphatic rings. The van der Waals surface area contributed by atoms with Crippen molar-refractivity contribution in [3.05, 3.63) is 50.5 Å². The van der Waals surface area contributed by atoms with Crippen LogP contribution in [-0.4, -0.2) is 30.6 Å². The average Bonchev–Trinajstić information content (AvgIpc) is 3.21. The Labute approximate surface area is 148 Å². The molecule has 1 atom stereocenters. The van der Waals surface area contributed by atoms with Gasteiger partial charge in [-0.15, -0.1) is 11.3 Å². The summed E-state index contributed by atoms with van der Waals surface area (Å²) in [7, 11) is 1.81. The fraction of sp³-hybridized carbons (Fsp3) is 0.312. The smallest absolute Gasteiger partial charge is 0.264 e. The van der Waals surface area contributed by atoms with Crippen LogP contribution in [-0.2, 0) is 7.05 Å². The second kappa shape index (κ2) is 6.98. The maximum absolute atomic E-state index is 12.5. The Kier molecular flexibility index (Phi) is 4.75. The van der Waals surface area contributed by atoms with E-state index in [1.54, 1.807) is 10.9 Å². The quantitative estimate of drug-likeness (QED) is 0.724. The Bertz CT molecular complexity index is 957. The number of H-pyrrole nitrogens is 1. The van der Waals surface area contributed by atoms with Gasteiger partial charge in [0.25, 0.3) is 11.5 Å². The summed E-state index contributed by atoms with van der Waals surface area (Å²) in [5.74, 6) is -0.118. The van der Waals surface area contributed by atoms with Crippen LogP contribution in [0.25, 0.3) is 11.5 Å². The number of amides is 1. The highest BCUT2D eigenvalue weighted by Gasteiger charge is 2.19. The molecule has 0 fully saturated rings. The zero-order valence-electron chi connectivity index (χ0n) is 14.1. The largest absolute Gasteiger partial charge is 0.343 e. The number of aromatic nitrogens is 5. The van der Waals surface area contributed by atoms with Crippen molar-refractivity contribution in [2.75, 3.05) is 0 Å². The standard InChI is InChI=1S/C16H18N6O2S/c1-4-11(13-5-6-18-22(13)3)20-15(23)10-7-17-14(21-16(10)24)12-8-25-9(2)19-12/h5-8,11H,4H2,1-3H3,(H,20,23)(H,17,21,24)/t11-/m0/s1. The van der Waals surface area contributed by atoms with Crippen molar-refractivity contribution < 1.29 is 4.79 Å². The van der Waals surface area contributed by atoms with Crippen LogP contribution in [0.4, 0.5) is 0 Å². The van der Waals surface area contributed by atoms with Crippen LogP contribution >= 0.6 is 11.3 Å². The molecule has 0 bridgehead atoms. The van der Waals surface area contributed by atoms with Crippen LogP contribution in [0.15, 0.2) is 28.6 Å². The fourth-order valence-electron chi connectivity index (χ4n) is 2.51. The van der Waals surface area contributed by atoms with Crippen LogP contribution in [0.3, 0.4) is 0 Å². The molecule has 0 saturated carbocycles. The SMILES string of the molecule is CC[C@H](NC(=O)c1cnc(-c2csc(C)n2)[nH]c1=O)c1ccnn1C. The second-order valence-electron chi connectivity index (χ2n) is 5.54. The summed E-state index contributed by atoms with van der Waals surface area (Å²) in [4.78, 5) is 35.8. The Hall–Kier alpha value is -2.81. The molecule has 1 amide bonds. The Morgan fingerprint density at radius 2 is 2.28 bits per heavy atom. The van der Waals surface area contributed by atoms with E-state index in [4.69, 9.17) is 0 Å². The first-order chi connectivity index (χ1) is 12.0. The molecule has 8 nitrogen and oxygen atoms in total. The molecule has 0 aliphatic carbocycles. The number of hydrogen-bond acceptors (Lipinski definition) is 6. The summed E-state index contributed by atoms with van der Waals surface area (Å²) in [5, 5.41) is 9.65. The normalized spacial score (nSPS) is 12.1. The van der Waals surface area contributed by atoms with Crippen LogP contribution in [0.1, 0.15) is 40.4 Å². The number of nitrogens with zero attached hydrogens (tertiary/aromatic N) is 4. The lowest BCUT2D eigenvalue weighted by atomic mass is 10.1. The van der Waals surface area contributed by atoms with Gasteiger partial charge in [-0.1, -0.05) is 6.92 Å². The van der Waals surface area contributed by atoms with Gasteiger partial charge < -0.3 is 10.3 Å². The zero-order chi connectivity index (χ0) is 18.0. The molecule has 130 valence electrons. The van der Waals surface area contributed by atoms with Crippen molar-refractivity contribution in [1.29, 1.82) is 0 Å². The lowest BCUT2D eigenvalue weighted by molar-refractivity contribution is 0.0932. The minimum Gasteiger partial charge on any atom is -0.343 e. The summed E-state index contributed by atoms with van der Waals surface area (Å²) < 4.78 is 1.70. The van der Waals surface area contributed by atoms with Crippen LogP contribution in [0.2, 0.25) is 0 Å². The number of carbonyl (C=O) groups is 1. The Morgan fingerprint density at radius 3 is 2.84 bits per heavy atom. The van der Waals surface area contributed by atoms with Crippen molar-refractivity contribution in [3.8, 4) is 11.5 Å². The molecular formula is C16H18N6O2S. The van der Waals surface area contributed by atoms with Gasteiger partial charge in [-0.3, -0.25) is 14.3 Å². The second-order valence-corrected chi connectivity index (χ2v) is 6.60. The molecule has 9 heteroatoms. The third-order valence-electron chi connectivity index (χ3n) is 3.83. The van der Waals surface area contributed by atoms with Gasteiger partial charge in [0, 0.05) is 24.8 Å². The summed E-state index contributed by atoms with van der Waals surface area (Å²) in [5.41, 5.74) is 0.937. The number of aryl methyl sites for hydroxylation is 2. The summed E-state index contributed by atoms with van der Waals surface area (Å²) in [6, 6.07) is 1.60. The summed E-state index contributed by atoms with van der Waals surface area (Å²) in [6.07, 6.45) is 3.63. The maximum atomic E-state index is 12.5. The van der Waals surface area contributed by atoms with E-state index in [2.05, 4.69) is 25.4 Å². The highest BCUT2D eigenvalue weighted by Crippen LogP contribution is 2.17. The predicted octanol–water partition coefficient (Wildman–Crippen LogP) is 1.82. The summed E-state index contributed by atoms with van der Waals surface area (Å²) in [6.45, 7) is 3.82. The number of thiazole rings is 1. The van der Waals surface area contributed by atoms with Crippen LogP contribution in [0.5, 0.6) is 0 Å². The Morgan fingerprint density at radius 1 is 1.48 bits per heavy atom. The molecule has 3 aromatic rings. The van der Waals surface area contributed by atoms with Gasteiger partial charge >= 0.3 is 0 Å². The van der Waals surface area contributed by atoms with Crippen molar-refractivity contribution in [1.82, 2.24) is 30.0 Å². The van der Waals surface area contributed by atoms with Gasteiger partial charge in [0.05, 0.1) is 16.7 Å². The van der Waals surface area contributed by atoms with Gasteiger partial charge in [-0.25, -0.2) is 9.97 Å². The van der Waals surface area contributed by atoms with Crippen LogP contribution in [0, 0.1) is 6.92 Å². The van der Waals surface area contributed by atoms with Crippen molar-refractivity contribution in [2.45, 2.75) is 26.3 Å². The first kappa shape index (κ1) is 17.0. The zero-order valence-corrected chi connectivity index (χ0v) is 14.9. The van der Waals surface area contributed by atoms with E-state index < -0.39 is 11.5 Å². The highest BCUT2D eigenvalue weighted by atomic mass is 32.1. The minimum absolute atomic E-state index is 0.0312. The molecule has 25 heavy (non-hydrogen) atoms. The number of nitrogens with one attached hydrogen (secondary N) is 2. The van der Waals surface area contributed by atoms with Gasteiger partial charge in [-0.05, 0) is 19.4 Å². The van der Waals surface area contributed by atoms with E-state index in [0.29, 0.717) is 17.9 Å². The molecule has 3 rings (SSSR count). The van der Waals surface area contributed by atoms with E-state index in [-0.39, 0.29) is 11.6 Å². The number of aromatic amines is 1. The molecular weight excluding hydrogens is 340 g/mol. The van der Waals surface area contributed by atoms with E-state index in [0.717, 1.165) is 10.7 Å². The molecule has 0 radical (unpaired) electrons. The molecule has 3 aromatic heterocycles. The van der Waals surface area contributed by atoms with Crippen molar-refractivity contribution in [2.24, 2.45) is 7.05 Å². The average molecular weight is 358 g/mol. The molecule has 0 unspecified atom stereocenters. The number of hydrogen-bond donors (Lipinski definition) is 2. The van der Waals surface area contributed by atoms with Gasteiger partial charge in [0.2, 0.25) is 0 Å². The molecule has 3 heterocycles. The van der Waals surface area contributed by atoms with E-state index >= 15 is 0 Å². The molecule has 0 aliphatic heterocycles. The highest BCUT2D eigenvalue weighted by molar-refractivity contribution is 7.09. The molecule has 2 N–H and O–H groups in total. The fourth-order valence-corrected chi connectivity index (χ4v) is 3.10. The number of carbonyl (C=O) groups excluding carboxylic acids is 1. The summed E-state index contributed by atoms with van der Waals surface area (Å²) >= 11 is 1.47. The van der Waals surface area contributed by atoms with Crippen molar-refractivity contribution in [3.63, 3.8) is 0 Å². The lowest BCUT2D eigenvalue weighted by Crippen LogP contribution is -2.33. The van der Waals surface area contributed by atoms with Gasteiger partial charge in [0.1, 0.15) is 11.3 Å². The van der Waals surface area contributed by atoms with E-state index in [1.165, 1.54) is 17.5 Å². The predicted molar refractivity (Wildman–Crippen MR) is 94.4 cm³/mol. The Balaban J connectivity index is 1.82. The van der Waals surface area contributed by atoms with Crippen LogP contribution < -0.4 is 10.9 Å². The number of rotatable bonds is 5. The third-order valence-corrected chi connectivity index (χ3v) is 4.61. The molecule has 0 saturated heterocycles. The van der Waals surface area contributed by atoms with E-state index in [1.807, 2.05) is 32.3 Å². The monoisotopic (exact) mass is 358 g/mol. The van der Waals surface area contributed by atoms with Gasteiger partial charge in [-0.2, -0.15) is 5.10 Å². The molecule has 0 aromatic carbocycles. The van der Waals surface area contributed by atoms with Gasteiger partial charge in [0.15, 0.2) is 5.82 Å². The molecule has 0 spiro atoms. The third kappa shape index (κ3) is 3.50. The van der Waals surface area contributed by atoms with Crippen molar-refractivity contribution >= 4 is 17.2 Å².